The zero-order valence-corrected chi connectivity index (χ0v) is 13.3. The van der Waals surface area contributed by atoms with Gasteiger partial charge in [0.25, 0.3) is 5.56 Å². The topological polar surface area (TPSA) is 102 Å². The smallest absolute Gasteiger partial charge is 0.270 e. The number of aromatic amines is 1. The Bertz CT molecular complexity index is 823. The number of methoxy groups -OCH3 is 1. The maximum absolute atomic E-state index is 12.3. The third kappa shape index (κ3) is 3.09. The molecule has 1 aromatic heterocycles. The fourth-order valence-electron chi connectivity index (χ4n) is 2.82. The van der Waals surface area contributed by atoms with E-state index in [1.165, 1.54) is 0 Å². The van der Waals surface area contributed by atoms with Crippen molar-refractivity contribution in [3.63, 3.8) is 0 Å². The van der Waals surface area contributed by atoms with E-state index in [0.717, 1.165) is 12.8 Å². The van der Waals surface area contributed by atoms with Crippen molar-refractivity contribution in [1.82, 2.24) is 9.97 Å². The van der Waals surface area contributed by atoms with Gasteiger partial charge in [0.1, 0.15) is 17.4 Å². The minimum atomic E-state index is -0.478. The summed E-state index contributed by atoms with van der Waals surface area (Å²) < 4.78 is 5.13. The third-order valence-electron chi connectivity index (χ3n) is 4.08. The number of hydrogen-bond donors (Lipinski definition) is 2. The summed E-state index contributed by atoms with van der Waals surface area (Å²) in [5.74, 6) is 1.06. The molecule has 1 atom stereocenters. The molecule has 2 aromatic rings. The molecule has 1 unspecified atom stereocenters. The molecule has 1 aromatic carbocycles. The lowest BCUT2D eigenvalue weighted by Gasteiger charge is -2.30. The van der Waals surface area contributed by atoms with Gasteiger partial charge in [-0.1, -0.05) is 0 Å². The molecule has 0 amide bonds. The van der Waals surface area contributed by atoms with Crippen molar-refractivity contribution in [2.45, 2.75) is 18.9 Å². The number of benzene rings is 1. The first kappa shape index (κ1) is 16.0. The Morgan fingerprint density at radius 1 is 1.42 bits per heavy atom. The molecule has 1 aliphatic rings. The average Bonchev–Trinajstić information content (AvgIpc) is 2.61. The first-order valence-corrected chi connectivity index (χ1v) is 7.74. The number of nitrogens with zero attached hydrogens (tertiary/aromatic N) is 3. The number of piperidine rings is 1. The summed E-state index contributed by atoms with van der Waals surface area (Å²) in [5, 5.41) is 19.1. The summed E-state index contributed by atoms with van der Waals surface area (Å²) in [7, 11) is 1.57. The van der Waals surface area contributed by atoms with Gasteiger partial charge in [0.05, 0.1) is 18.9 Å². The summed E-state index contributed by atoms with van der Waals surface area (Å²) in [6, 6.07) is 8.95. The number of nitriles is 1. The van der Waals surface area contributed by atoms with E-state index in [1.54, 1.807) is 31.4 Å². The minimum absolute atomic E-state index is 0.0264. The Balaban J connectivity index is 2.06. The van der Waals surface area contributed by atoms with Gasteiger partial charge < -0.3 is 14.7 Å². The number of aliphatic hydroxyl groups excluding tert-OH is 1. The van der Waals surface area contributed by atoms with Crippen LogP contribution in [0, 0.1) is 11.3 Å². The normalized spacial score (nSPS) is 17.4. The Labute approximate surface area is 139 Å². The van der Waals surface area contributed by atoms with Crippen LogP contribution in [0.25, 0.3) is 11.3 Å². The SMILES string of the molecule is COc1ccc(-c2nc(N3CCCC(O)C3)[nH]c(=O)c2C#N)cc1. The van der Waals surface area contributed by atoms with E-state index in [-0.39, 0.29) is 5.56 Å². The zero-order chi connectivity index (χ0) is 17.1. The van der Waals surface area contributed by atoms with Gasteiger partial charge in [0.2, 0.25) is 5.95 Å². The van der Waals surface area contributed by atoms with Gasteiger partial charge in [-0.05, 0) is 37.1 Å². The van der Waals surface area contributed by atoms with Crippen LogP contribution in [0.4, 0.5) is 5.95 Å². The molecule has 1 fully saturated rings. The number of nitrogens with one attached hydrogen (secondary N) is 1. The molecule has 7 nitrogen and oxygen atoms in total. The molecule has 2 N–H and O–H groups in total. The van der Waals surface area contributed by atoms with E-state index in [9.17, 15) is 15.2 Å². The molecule has 1 aliphatic heterocycles. The highest BCUT2D eigenvalue weighted by Crippen LogP contribution is 2.24. The molecule has 124 valence electrons. The number of β-amino-alcohol motifs (C(OH)–C–C–N with tert-alkyl or cyclic N) is 1. The molecule has 3 rings (SSSR count). The number of rotatable bonds is 3. The molecule has 24 heavy (non-hydrogen) atoms. The molecule has 0 radical (unpaired) electrons. The number of anilines is 1. The standard InChI is InChI=1S/C17H18N4O3/c1-24-13-6-4-11(5-7-13)15-14(9-18)16(23)20-17(19-15)21-8-2-3-12(22)10-21/h4-7,12,22H,2-3,8,10H2,1H3,(H,19,20,23). The molecule has 0 aliphatic carbocycles. The van der Waals surface area contributed by atoms with Gasteiger partial charge in [-0.25, -0.2) is 4.98 Å². The predicted octanol–water partition coefficient (Wildman–Crippen LogP) is 1.28. The first-order valence-electron chi connectivity index (χ1n) is 7.74. The van der Waals surface area contributed by atoms with Crippen molar-refractivity contribution in [2.24, 2.45) is 0 Å². The van der Waals surface area contributed by atoms with E-state index in [2.05, 4.69) is 9.97 Å². The van der Waals surface area contributed by atoms with Crippen molar-refractivity contribution in [1.29, 1.82) is 5.26 Å². The maximum atomic E-state index is 12.3. The first-order chi connectivity index (χ1) is 11.6. The lowest BCUT2D eigenvalue weighted by Crippen LogP contribution is -2.40. The van der Waals surface area contributed by atoms with Crippen molar-refractivity contribution in [3.8, 4) is 23.1 Å². The fourth-order valence-corrected chi connectivity index (χ4v) is 2.82. The quantitative estimate of drug-likeness (QED) is 0.881. The monoisotopic (exact) mass is 326 g/mol. The molecular formula is C17H18N4O3. The molecule has 2 heterocycles. The number of aliphatic hydroxyl groups is 1. The van der Waals surface area contributed by atoms with Crippen LogP contribution in [-0.2, 0) is 0 Å². The van der Waals surface area contributed by atoms with Crippen LogP contribution in [0.3, 0.4) is 0 Å². The largest absolute Gasteiger partial charge is 0.497 e. The Morgan fingerprint density at radius 2 is 2.17 bits per heavy atom. The minimum Gasteiger partial charge on any atom is -0.497 e. The second kappa shape index (κ2) is 6.72. The molecule has 7 heteroatoms. The van der Waals surface area contributed by atoms with Gasteiger partial charge in [0.15, 0.2) is 0 Å². The van der Waals surface area contributed by atoms with Crippen molar-refractivity contribution >= 4 is 5.95 Å². The predicted molar refractivity (Wildman–Crippen MR) is 89.0 cm³/mol. The van der Waals surface area contributed by atoms with E-state index in [0.29, 0.717) is 36.0 Å². The Morgan fingerprint density at radius 3 is 2.79 bits per heavy atom. The summed E-state index contributed by atoms with van der Waals surface area (Å²) in [5.41, 5.74) is 0.492. The van der Waals surface area contributed by atoms with Crippen molar-refractivity contribution in [3.05, 3.63) is 40.2 Å². The van der Waals surface area contributed by atoms with Crippen LogP contribution in [0.15, 0.2) is 29.1 Å². The van der Waals surface area contributed by atoms with Crippen LogP contribution in [-0.4, -0.2) is 41.4 Å². The van der Waals surface area contributed by atoms with Crippen LogP contribution in [0.5, 0.6) is 5.75 Å². The number of aromatic nitrogens is 2. The molecule has 0 spiro atoms. The van der Waals surface area contributed by atoms with Crippen LogP contribution in [0.2, 0.25) is 0 Å². The maximum Gasteiger partial charge on any atom is 0.270 e. The molecular weight excluding hydrogens is 308 g/mol. The Hall–Kier alpha value is -2.85. The third-order valence-corrected chi connectivity index (χ3v) is 4.08. The molecule has 0 saturated carbocycles. The van der Waals surface area contributed by atoms with Crippen LogP contribution in [0.1, 0.15) is 18.4 Å². The lowest BCUT2D eigenvalue weighted by molar-refractivity contribution is 0.153. The number of H-pyrrole nitrogens is 1. The Kier molecular flexibility index (Phi) is 4.49. The zero-order valence-electron chi connectivity index (χ0n) is 13.3. The van der Waals surface area contributed by atoms with E-state index < -0.39 is 11.7 Å². The molecule has 0 bridgehead atoms. The fraction of sp³-hybridized carbons (Fsp3) is 0.353. The molecule has 1 saturated heterocycles. The summed E-state index contributed by atoms with van der Waals surface area (Å²) >= 11 is 0. The van der Waals surface area contributed by atoms with Gasteiger partial charge in [0, 0.05) is 18.7 Å². The van der Waals surface area contributed by atoms with Gasteiger partial charge >= 0.3 is 0 Å². The van der Waals surface area contributed by atoms with Gasteiger partial charge in [-0.3, -0.25) is 9.78 Å². The van der Waals surface area contributed by atoms with Crippen LogP contribution < -0.4 is 15.2 Å². The summed E-state index contributed by atoms with van der Waals surface area (Å²) in [6.45, 7) is 1.12. The second-order valence-electron chi connectivity index (χ2n) is 5.70. The number of hydrogen-bond acceptors (Lipinski definition) is 6. The second-order valence-corrected chi connectivity index (χ2v) is 5.70. The van der Waals surface area contributed by atoms with E-state index >= 15 is 0 Å². The van der Waals surface area contributed by atoms with Gasteiger partial charge in [-0.2, -0.15) is 5.26 Å². The van der Waals surface area contributed by atoms with Crippen LogP contribution >= 0.6 is 0 Å². The summed E-state index contributed by atoms with van der Waals surface area (Å²) in [4.78, 5) is 21.3. The number of ether oxygens (including phenoxy) is 1. The highest BCUT2D eigenvalue weighted by atomic mass is 16.5. The van der Waals surface area contributed by atoms with E-state index in [4.69, 9.17) is 4.74 Å². The van der Waals surface area contributed by atoms with E-state index in [1.807, 2.05) is 11.0 Å². The highest BCUT2D eigenvalue weighted by Gasteiger charge is 2.22. The average molecular weight is 326 g/mol. The van der Waals surface area contributed by atoms with Crippen molar-refractivity contribution in [2.75, 3.05) is 25.1 Å². The summed E-state index contributed by atoms with van der Waals surface area (Å²) in [6.07, 6.45) is 1.12. The lowest BCUT2D eigenvalue weighted by atomic mass is 10.1. The van der Waals surface area contributed by atoms with Crippen molar-refractivity contribution < 1.29 is 9.84 Å². The van der Waals surface area contributed by atoms with Gasteiger partial charge in [-0.15, -0.1) is 0 Å². The highest BCUT2D eigenvalue weighted by molar-refractivity contribution is 5.67.